The van der Waals surface area contributed by atoms with E-state index in [0.717, 1.165) is 5.56 Å². The van der Waals surface area contributed by atoms with Gasteiger partial charge in [0.15, 0.2) is 0 Å². The molecule has 0 bridgehead atoms. The number of hydrogen-bond donors (Lipinski definition) is 1. The van der Waals surface area contributed by atoms with E-state index in [1.165, 1.54) is 18.2 Å². The minimum Gasteiger partial charge on any atom is -0.307 e. The van der Waals surface area contributed by atoms with Gasteiger partial charge in [0.25, 0.3) is 5.91 Å². The quantitative estimate of drug-likeness (QED) is 0.922. The number of aromatic nitrogens is 1. The highest BCUT2D eigenvalue weighted by molar-refractivity contribution is 9.10. The van der Waals surface area contributed by atoms with Gasteiger partial charge in [-0.25, -0.2) is 9.37 Å². The molecule has 92 valence electrons. The number of pyridine rings is 1. The molecule has 1 heterocycles. The Hall–Kier alpha value is -1.75. The van der Waals surface area contributed by atoms with Crippen molar-refractivity contribution in [2.75, 3.05) is 5.32 Å². The first-order valence-electron chi connectivity index (χ1n) is 5.25. The predicted octanol–water partition coefficient (Wildman–Crippen LogP) is 3.54. The van der Waals surface area contributed by atoms with E-state index >= 15 is 0 Å². The molecule has 18 heavy (non-hydrogen) atoms. The van der Waals surface area contributed by atoms with Gasteiger partial charge in [0.05, 0.1) is 5.56 Å². The lowest BCUT2D eigenvalue weighted by Crippen LogP contribution is -2.13. The highest BCUT2D eigenvalue weighted by Gasteiger charge is 2.11. The summed E-state index contributed by atoms with van der Waals surface area (Å²) < 4.78 is 13.6. The molecular weight excluding hydrogens is 299 g/mol. The number of hydrogen-bond acceptors (Lipinski definition) is 2. The fourth-order valence-corrected chi connectivity index (χ4v) is 1.89. The Morgan fingerprint density at radius 2 is 2.11 bits per heavy atom. The van der Waals surface area contributed by atoms with Gasteiger partial charge in [-0.05, 0) is 58.7 Å². The molecule has 0 atom stereocenters. The molecule has 0 saturated carbocycles. The van der Waals surface area contributed by atoms with Crippen LogP contribution in [0.25, 0.3) is 0 Å². The predicted molar refractivity (Wildman–Crippen MR) is 71.0 cm³/mol. The van der Waals surface area contributed by atoms with Crippen molar-refractivity contribution >= 4 is 27.7 Å². The molecule has 5 heteroatoms. The molecule has 2 aromatic rings. The molecule has 1 amide bonds. The normalized spacial score (nSPS) is 10.2. The Morgan fingerprint density at radius 3 is 2.83 bits per heavy atom. The van der Waals surface area contributed by atoms with Gasteiger partial charge in [-0.15, -0.1) is 0 Å². The number of rotatable bonds is 2. The highest BCUT2D eigenvalue weighted by Crippen LogP contribution is 2.19. The fraction of sp³-hybridized carbons (Fsp3) is 0.0769. The van der Waals surface area contributed by atoms with Gasteiger partial charge in [0.2, 0.25) is 0 Å². The summed E-state index contributed by atoms with van der Waals surface area (Å²) in [6, 6.07) is 7.52. The summed E-state index contributed by atoms with van der Waals surface area (Å²) in [6.07, 6.45) is 1.60. The van der Waals surface area contributed by atoms with E-state index in [1.54, 1.807) is 12.3 Å². The third-order valence-electron chi connectivity index (χ3n) is 2.33. The standard InChI is InChI=1S/C13H10BrFN2O/c1-8-4-5-16-12(6-8)17-13(18)10-7-9(15)2-3-11(10)14/h2-7H,1H3,(H,16,17,18). The first-order valence-corrected chi connectivity index (χ1v) is 6.04. The topological polar surface area (TPSA) is 42.0 Å². The van der Waals surface area contributed by atoms with Crippen LogP contribution >= 0.6 is 15.9 Å². The molecule has 0 aliphatic rings. The van der Waals surface area contributed by atoms with Crippen molar-refractivity contribution in [3.63, 3.8) is 0 Å². The van der Waals surface area contributed by atoms with Crippen LogP contribution in [0, 0.1) is 12.7 Å². The van der Waals surface area contributed by atoms with Crippen LogP contribution in [-0.4, -0.2) is 10.9 Å². The van der Waals surface area contributed by atoms with Crippen LogP contribution in [0.2, 0.25) is 0 Å². The van der Waals surface area contributed by atoms with Crippen LogP contribution in [0.1, 0.15) is 15.9 Å². The van der Waals surface area contributed by atoms with Gasteiger partial charge >= 0.3 is 0 Å². The average Bonchev–Trinajstić information content (AvgIpc) is 2.32. The van der Waals surface area contributed by atoms with Crippen molar-refractivity contribution in [1.82, 2.24) is 4.98 Å². The van der Waals surface area contributed by atoms with Crippen LogP contribution in [0.4, 0.5) is 10.2 Å². The number of halogens is 2. The minimum absolute atomic E-state index is 0.235. The van der Waals surface area contributed by atoms with Crippen LogP contribution in [-0.2, 0) is 0 Å². The number of carbonyl (C=O) groups excluding carboxylic acids is 1. The second-order valence-corrected chi connectivity index (χ2v) is 4.65. The number of anilines is 1. The summed E-state index contributed by atoms with van der Waals surface area (Å²) in [6.45, 7) is 1.90. The lowest BCUT2D eigenvalue weighted by atomic mass is 10.2. The largest absolute Gasteiger partial charge is 0.307 e. The molecule has 0 aliphatic heterocycles. The summed E-state index contributed by atoms with van der Waals surface area (Å²) in [5.41, 5.74) is 1.22. The zero-order valence-electron chi connectivity index (χ0n) is 9.58. The van der Waals surface area contributed by atoms with E-state index in [0.29, 0.717) is 10.3 Å². The van der Waals surface area contributed by atoms with Crippen LogP contribution in [0.3, 0.4) is 0 Å². The first kappa shape index (κ1) is 12.7. The Labute approximate surface area is 112 Å². The third-order valence-corrected chi connectivity index (χ3v) is 3.02. The molecular formula is C13H10BrFN2O. The Morgan fingerprint density at radius 1 is 1.33 bits per heavy atom. The molecule has 0 saturated heterocycles. The van der Waals surface area contributed by atoms with E-state index in [2.05, 4.69) is 26.2 Å². The lowest BCUT2D eigenvalue weighted by molar-refractivity contribution is 0.102. The Bertz CT molecular complexity index is 601. The van der Waals surface area contributed by atoms with Crippen molar-refractivity contribution < 1.29 is 9.18 Å². The summed E-state index contributed by atoms with van der Waals surface area (Å²) >= 11 is 3.21. The highest BCUT2D eigenvalue weighted by atomic mass is 79.9. The summed E-state index contributed by atoms with van der Waals surface area (Å²) in [4.78, 5) is 16.0. The minimum atomic E-state index is -0.458. The zero-order valence-corrected chi connectivity index (χ0v) is 11.2. The van der Waals surface area contributed by atoms with Crippen LogP contribution in [0.15, 0.2) is 41.0 Å². The lowest BCUT2D eigenvalue weighted by Gasteiger charge is -2.06. The monoisotopic (exact) mass is 308 g/mol. The van der Waals surface area contributed by atoms with E-state index in [4.69, 9.17) is 0 Å². The molecule has 0 spiro atoms. The molecule has 0 aliphatic carbocycles. The Kier molecular flexibility index (Phi) is 3.72. The van der Waals surface area contributed by atoms with Crippen molar-refractivity contribution in [1.29, 1.82) is 0 Å². The maximum absolute atomic E-state index is 13.1. The Balaban J connectivity index is 2.24. The van der Waals surface area contributed by atoms with Crippen LogP contribution in [0.5, 0.6) is 0 Å². The van der Waals surface area contributed by atoms with Gasteiger partial charge in [-0.1, -0.05) is 0 Å². The van der Waals surface area contributed by atoms with Gasteiger partial charge in [-0.2, -0.15) is 0 Å². The van der Waals surface area contributed by atoms with E-state index in [-0.39, 0.29) is 5.56 Å². The van der Waals surface area contributed by atoms with Gasteiger partial charge in [0, 0.05) is 10.7 Å². The molecule has 0 unspecified atom stereocenters. The molecule has 0 radical (unpaired) electrons. The maximum Gasteiger partial charge on any atom is 0.258 e. The van der Waals surface area contributed by atoms with Crippen molar-refractivity contribution in [2.45, 2.75) is 6.92 Å². The number of carbonyl (C=O) groups is 1. The van der Waals surface area contributed by atoms with Crippen molar-refractivity contribution in [3.8, 4) is 0 Å². The SMILES string of the molecule is Cc1ccnc(NC(=O)c2cc(F)ccc2Br)c1. The number of amides is 1. The zero-order chi connectivity index (χ0) is 13.1. The molecule has 0 fully saturated rings. The van der Waals surface area contributed by atoms with Crippen LogP contribution < -0.4 is 5.32 Å². The van der Waals surface area contributed by atoms with E-state index < -0.39 is 11.7 Å². The number of benzene rings is 1. The van der Waals surface area contributed by atoms with Crippen molar-refractivity contribution in [2.24, 2.45) is 0 Å². The molecule has 2 rings (SSSR count). The number of nitrogens with one attached hydrogen (secondary N) is 1. The van der Waals surface area contributed by atoms with E-state index in [9.17, 15) is 9.18 Å². The third kappa shape index (κ3) is 2.92. The van der Waals surface area contributed by atoms with Crippen molar-refractivity contribution in [3.05, 3.63) is 57.9 Å². The summed E-state index contributed by atoms with van der Waals surface area (Å²) in [5.74, 6) is -0.420. The second-order valence-electron chi connectivity index (χ2n) is 3.80. The number of aryl methyl sites for hydroxylation is 1. The van der Waals surface area contributed by atoms with E-state index in [1.807, 2.05) is 13.0 Å². The van der Waals surface area contributed by atoms with Gasteiger partial charge in [0.1, 0.15) is 11.6 Å². The molecule has 1 aromatic heterocycles. The maximum atomic E-state index is 13.1. The second kappa shape index (κ2) is 5.27. The molecule has 1 aromatic carbocycles. The van der Waals surface area contributed by atoms with Gasteiger partial charge in [-0.3, -0.25) is 4.79 Å². The fourth-order valence-electron chi connectivity index (χ4n) is 1.46. The number of nitrogens with zero attached hydrogens (tertiary/aromatic N) is 1. The summed E-state index contributed by atoms with van der Waals surface area (Å²) in [7, 11) is 0. The smallest absolute Gasteiger partial charge is 0.258 e. The molecule has 3 nitrogen and oxygen atoms in total. The molecule has 1 N–H and O–H groups in total. The summed E-state index contributed by atoms with van der Waals surface area (Å²) in [5, 5.41) is 2.62. The average molecular weight is 309 g/mol. The first-order chi connectivity index (χ1) is 8.56. The van der Waals surface area contributed by atoms with Gasteiger partial charge < -0.3 is 5.32 Å².